The summed E-state index contributed by atoms with van der Waals surface area (Å²) in [7, 11) is 0. The highest BCUT2D eigenvalue weighted by Gasteiger charge is 2.23. The Labute approximate surface area is 81.9 Å². The second kappa shape index (κ2) is 3.14. The molecule has 0 amide bonds. The van der Waals surface area contributed by atoms with Crippen molar-refractivity contribution in [3.8, 4) is 0 Å². The minimum atomic E-state index is 0. The van der Waals surface area contributed by atoms with Crippen LogP contribution in [0.4, 0.5) is 0 Å². The predicted molar refractivity (Wildman–Crippen MR) is 57.0 cm³/mol. The summed E-state index contributed by atoms with van der Waals surface area (Å²) in [5.41, 5.74) is 3.99. The number of aromatic nitrogens is 2. The van der Waals surface area contributed by atoms with E-state index in [1.54, 1.807) is 0 Å². The molecule has 0 bridgehead atoms. The molecule has 3 heteroatoms. The van der Waals surface area contributed by atoms with E-state index in [1.807, 2.05) is 0 Å². The summed E-state index contributed by atoms with van der Waals surface area (Å²) in [6.45, 7) is 8.68. The Morgan fingerprint density at radius 1 is 1.54 bits per heavy atom. The van der Waals surface area contributed by atoms with Gasteiger partial charge in [0.1, 0.15) is 0 Å². The van der Waals surface area contributed by atoms with Crippen molar-refractivity contribution in [2.24, 2.45) is 0 Å². The van der Waals surface area contributed by atoms with Crippen LogP contribution in [0, 0.1) is 0 Å². The van der Waals surface area contributed by atoms with Gasteiger partial charge in [0, 0.05) is 21.5 Å². The Balaban J connectivity index is 0.000000980. The first-order chi connectivity index (χ1) is 6.20. The topological polar surface area (TPSA) is 40.7 Å². The lowest BCUT2D eigenvalue weighted by atomic mass is 9.91. The lowest BCUT2D eigenvalue weighted by molar-refractivity contribution is 0.560. The lowest BCUT2D eigenvalue weighted by Crippen LogP contribution is -2.26. The van der Waals surface area contributed by atoms with E-state index in [4.69, 9.17) is 0 Å². The predicted octanol–water partition coefficient (Wildman–Crippen LogP) is 2.23. The zero-order chi connectivity index (χ0) is 9.42. The van der Waals surface area contributed by atoms with Gasteiger partial charge in [0.05, 0.1) is 11.4 Å². The van der Waals surface area contributed by atoms with Crippen molar-refractivity contribution in [1.82, 2.24) is 15.5 Å². The Morgan fingerprint density at radius 3 is 3.00 bits per heavy atom. The van der Waals surface area contributed by atoms with Crippen molar-refractivity contribution in [2.45, 2.75) is 39.2 Å². The molecule has 0 aromatic carbocycles. The van der Waals surface area contributed by atoms with Gasteiger partial charge in [-0.05, 0) is 11.8 Å². The molecule has 1 aliphatic rings. The second-order valence-electron chi connectivity index (χ2n) is 4.19. The van der Waals surface area contributed by atoms with Gasteiger partial charge in [-0.15, -0.1) is 0 Å². The van der Waals surface area contributed by atoms with Crippen molar-refractivity contribution < 1.29 is 2.85 Å². The van der Waals surface area contributed by atoms with Crippen LogP contribution in [0.3, 0.4) is 0 Å². The van der Waals surface area contributed by atoms with E-state index < -0.39 is 0 Å². The first-order valence-electron chi connectivity index (χ1n) is 4.98. The normalized spacial score (nSPS) is 22.0. The molecule has 2 heterocycles. The number of fused-ring (bicyclic) bond motifs is 1. The molecule has 2 N–H and O–H groups in total. The van der Waals surface area contributed by atoms with Gasteiger partial charge in [-0.1, -0.05) is 20.8 Å². The van der Waals surface area contributed by atoms with Crippen LogP contribution in [-0.4, -0.2) is 16.7 Å². The molecule has 1 aliphatic heterocycles. The van der Waals surface area contributed by atoms with Gasteiger partial charge in [0.25, 0.3) is 0 Å². The van der Waals surface area contributed by atoms with Crippen LogP contribution in [-0.2, 0) is 6.54 Å². The van der Waals surface area contributed by atoms with E-state index in [1.165, 1.54) is 17.0 Å². The fraction of sp³-hybridized carbons (Fsp3) is 0.700. The number of nitrogens with one attached hydrogen (secondary N) is 2. The summed E-state index contributed by atoms with van der Waals surface area (Å²) in [6.07, 6.45) is 0. The summed E-state index contributed by atoms with van der Waals surface area (Å²) in [5, 5.41) is 10.9. The highest BCUT2D eigenvalue weighted by Crippen LogP contribution is 2.29. The van der Waals surface area contributed by atoms with Gasteiger partial charge >= 0.3 is 0 Å². The molecular formula is C10H21N3. The Hall–Kier alpha value is -0.830. The van der Waals surface area contributed by atoms with Crippen molar-refractivity contribution in [2.75, 3.05) is 6.54 Å². The van der Waals surface area contributed by atoms with E-state index in [2.05, 4.69) is 36.3 Å². The monoisotopic (exact) mass is 183 g/mol. The maximum Gasteiger partial charge on any atom is 0.0686 e. The fourth-order valence-corrected chi connectivity index (χ4v) is 2.04. The van der Waals surface area contributed by atoms with Crippen LogP contribution in [0.1, 0.15) is 52.4 Å². The smallest absolute Gasteiger partial charge is 0.0686 e. The summed E-state index contributed by atoms with van der Waals surface area (Å²) in [4.78, 5) is 0. The van der Waals surface area contributed by atoms with Crippen LogP contribution in [0.2, 0.25) is 0 Å². The second-order valence-corrected chi connectivity index (χ2v) is 4.19. The van der Waals surface area contributed by atoms with Gasteiger partial charge in [0.2, 0.25) is 0 Å². The van der Waals surface area contributed by atoms with E-state index in [-0.39, 0.29) is 2.85 Å². The molecule has 76 valence electrons. The fourth-order valence-electron chi connectivity index (χ4n) is 2.04. The Morgan fingerprint density at radius 2 is 2.31 bits per heavy atom. The van der Waals surface area contributed by atoms with Crippen LogP contribution >= 0.6 is 0 Å². The van der Waals surface area contributed by atoms with Crippen molar-refractivity contribution >= 4 is 0 Å². The van der Waals surface area contributed by atoms with Gasteiger partial charge < -0.3 is 5.32 Å². The van der Waals surface area contributed by atoms with Crippen molar-refractivity contribution in [3.63, 3.8) is 0 Å². The maximum absolute atomic E-state index is 4.38. The molecule has 13 heavy (non-hydrogen) atoms. The SMILES string of the molecule is CC(C)c1n[nH]c2c1C(C)CNC2.[HH].[HH]. The standard InChI is InChI=1S/C10H17N3.2H2/c1-6(2)10-9-7(3)4-11-5-8(9)12-13-10;;/h6-7,11H,4-5H2,1-3H3,(H,12,13);2*1H. The maximum atomic E-state index is 4.38. The molecule has 0 saturated carbocycles. The van der Waals surface area contributed by atoms with Crippen LogP contribution in [0.15, 0.2) is 0 Å². The summed E-state index contributed by atoms with van der Waals surface area (Å²) in [6, 6.07) is 0. The first kappa shape index (κ1) is 8.75. The van der Waals surface area contributed by atoms with Gasteiger partial charge in [-0.3, -0.25) is 5.10 Å². The number of nitrogens with zero attached hydrogens (tertiary/aromatic N) is 1. The molecule has 0 saturated heterocycles. The quantitative estimate of drug-likeness (QED) is 0.701. The molecule has 1 unspecified atom stereocenters. The molecule has 1 aromatic heterocycles. The van der Waals surface area contributed by atoms with E-state index in [9.17, 15) is 0 Å². The highest BCUT2D eigenvalue weighted by molar-refractivity contribution is 5.33. The molecule has 1 atom stereocenters. The first-order valence-corrected chi connectivity index (χ1v) is 4.98. The molecule has 0 aliphatic carbocycles. The van der Waals surface area contributed by atoms with Gasteiger partial charge in [-0.2, -0.15) is 5.10 Å². The highest BCUT2D eigenvalue weighted by atomic mass is 15.1. The Bertz CT molecular complexity index is 310. The van der Waals surface area contributed by atoms with Crippen molar-refractivity contribution in [1.29, 1.82) is 0 Å². The number of hydrogen-bond donors (Lipinski definition) is 2. The van der Waals surface area contributed by atoms with Crippen molar-refractivity contribution in [3.05, 3.63) is 17.0 Å². The summed E-state index contributed by atoms with van der Waals surface area (Å²) < 4.78 is 0. The average Bonchev–Trinajstić information content (AvgIpc) is 2.49. The zero-order valence-electron chi connectivity index (χ0n) is 8.52. The number of rotatable bonds is 1. The molecular weight excluding hydrogens is 162 g/mol. The number of hydrogen-bond acceptors (Lipinski definition) is 2. The summed E-state index contributed by atoms with van der Waals surface area (Å²) >= 11 is 0. The average molecular weight is 183 g/mol. The van der Waals surface area contributed by atoms with Gasteiger partial charge in [0.15, 0.2) is 0 Å². The van der Waals surface area contributed by atoms with Crippen LogP contribution < -0.4 is 5.32 Å². The zero-order valence-corrected chi connectivity index (χ0v) is 8.52. The lowest BCUT2D eigenvalue weighted by Gasteiger charge is -2.21. The minimum absolute atomic E-state index is 0. The molecule has 3 nitrogen and oxygen atoms in total. The number of aromatic amines is 1. The van der Waals surface area contributed by atoms with E-state index in [0.717, 1.165) is 13.1 Å². The third kappa shape index (κ3) is 1.37. The molecule has 1 aromatic rings. The molecule has 2 rings (SSSR count). The third-order valence-corrected chi connectivity index (χ3v) is 2.70. The Kier molecular flexibility index (Phi) is 2.12. The van der Waals surface area contributed by atoms with E-state index in [0.29, 0.717) is 11.8 Å². The molecule has 0 radical (unpaired) electrons. The third-order valence-electron chi connectivity index (χ3n) is 2.70. The van der Waals surface area contributed by atoms with E-state index >= 15 is 0 Å². The van der Waals surface area contributed by atoms with Crippen LogP contribution in [0.25, 0.3) is 0 Å². The molecule has 0 spiro atoms. The van der Waals surface area contributed by atoms with Gasteiger partial charge in [-0.25, -0.2) is 0 Å². The van der Waals surface area contributed by atoms with Crippen LogP contribution in [0.5, 0.6) is 0 Å². The summed E-state index contributed by atoms with van der Waals surface area (Å²) in [5.74, 6) is 1.13. The molecule has 0 fully saturated rings. The largest absolute Gasteiger partial charge is 0.311 e. The number of H-pyrrole nitrogens is 1. The minimum Gasteiger partial charge on any atom is -0.311 e.